The van der Waals surface area contributed by atoms with Crippen LogP contribution in [0.2, 0.25) is 0 Å². The highest BCUT2D eigenvalue weighted by Crippen LogP contribution is 2.32. The highest BCUT2D eigenvalue weighted by Gasteiger charge is 2.27. The van der Waals surface area contributed by atoms with Crippen LogP contribution in [0.25, 0.3) is 21.3 Å². The van der Waals surface area contributed by atoms with Crippen molar-refractivity contribution in [1.82, 2.24) is 10.3 Å². The van der Waals surface area contributed by atoms with Gasteiger partial charge in [-0.15, -0.1) is 0 Å². The van der Waals surface area contributed by atoms with Crippen LogP contribution in [0.15, 0.2) is 72.8 Å². The number of fused-ring (bicyclic) bond motifs is 1. The fourth-order valence-corrected chi connectivity index (χ4v) is 6.92. The first-order valence-corrected chi connectivity index (χ1v) is 15.3. The van der Waals surface area contributed by atoms with Crippen molar-refractivity contribution >= 4 is 44.2 Å². The zero-order chi connectivity index (χ0) is 27.3. The van der Waals surface area contributed by atoms with E-state index in [-0.39, 0.29) is 23.7 Å². The summed E-state index contributed by atoms with van der Waals surface area (Å²) in [6.07, 6.45) is 8.07. The quantitative estimate of drug-likeness (QED) is 0.213. The van der Waals surface area contributed by atoms with Gasteiger partial charge in [0.15, 0.2) is 5.13 Å². The van der Waals surface area contributed by atoms with E-state index in [0.717, 1.165) is 73.8 Å². The van der Waals surface area contributed by atoms with E-state index in [1.165, 1.54) is 28.0 Å². The van der Waals surface area contributed by atoms with Crippen LogP contribution < -0.4 is 16.0 Å². The molecule has 2 amide bonds. The molecular formula is C33H36N4O2S. The molecule has 2 saturated carbocycles. The number of aromatic nitrogens is 1. The molecule has 0 saturated heterocycles. The van der Waals surface area contributed by atoms with Crippen molar-refractivity contribution in [3.05, 3.63) is 78.4 Å². The Morgan fingerprint density at radius 1 is 0.775 bits per heavy atom. The van der Waals surface area contributed by atoms with Crippen LogP contribution in [0.3, 0.4) is 0 Å². The molecule has 6 rings (SSSR count). The van der Waals surface area contributed by atoms with Gasteiger partial charge in [0.1, 0.15) is 0 Å². The van der Waals surface area contributed by atoms with Crippen molar-refractivity contribution in [3.63, 3.8) is 0 Å². The number of benzene rings is 3. The molecule has 2 atom stereocenters. The van der Waals surface area contributed by atoms with Gasteiger partial charge in [0.25, 0.3) is 0 Å². The SMILES string of the molecule is O=C(Nc1ccc2nc(NC(=O)C3CCCC3)sc2c1)C1CCCC(NCc2ccc(-c3ccccc3)cc2)C1. The topological polar surface area (TPSA) is 83.1 Å². The first-order chi connectivity index (χ1) is 19.6. The Hall–Kier alpha value is -3.55. The summed E-state index contributed by atoms with van der Waals surface area (Å²) in [7, 11) is 0. The van der Waals surface area contributed by atoms with Gasteiger partial charge in [-0.05, 0) is 67.0 Å². The molecule has 0 aliphatic heterocycles. The maximum atomic E-state index is 13.2. The van der Waals surface area contributed by atoms with Gasteiger partial charge in [0.2, 0.25) is 11.8 Å². The smallest absolute Gasteiger partial charge is 0.229 e. The molecule has 1 aromatic heterocycles. The lowest BCUT2D eigenvalue weighted by Crippen LogP contribution is -2.37. The Bertz CT molecular complexity index is 1460. The molecule has 0 bridgehead atoms. The predicted molar refractivity (Wildman–Crippen MR) is 163 cm³/mol. The van der Waals surface area contributed by atoms with E-state index in [2.05, 4.69) is 69.5 Å². The average molecular weight is 553 g/mol. The minimum Gasteiger partial charge on any atom is -0.326 e. The normalized spacial score (nSPS) is 19.5. The van der Waals surface area contributed by atoms with E-state index in [0.29, 0.717) is 11.2 Å². The number of nitrogens with zero attached hydrogens (tertiary/aromatic N) is 1. The molecule has 2 aliphatic rings. The summed E-state index contributed by atoms with van der Waals surface area (Å²) in [6, 6.07) is 25.3. The number of rotatable bonds is 8. The van der Waals surface area contributed by atoms with E-state index < -0.39 is 0 Å². The van der Waals surface area contributed by atoms with Gasteiger partial charge >= 0.3 is 0 Å². The lowest BCUT2D eigenvalue weighted by molar-refractivity contribution is -0.121. The first-order valence-electron chi connectivity index (χ1n) is 14.5. The van der Waals surface area contributed by atoms with Crippen molar-refractivity contribution in [2.75, 3.05) is 10.6 Å². The van der Waals surface area contributed by atoms with Crippen molar-refractivity contribution in [2.45, 2.75) is 64.0 Å². The molecule has 0 spiro atoms. The minimum absolute atomic E-state index is 0.00914. The van der Waals surface area contributed by atoms with Crippen LogP contribution in [-0.2, 0) is 16.1 Å². The molecule has 206 valence electrons. The van der Waals surface area contributed by atoms with Crippen molar-refractivity contribution in [2.24, 2.45) is 11.8 Å². The van der Waals surface area contributed by atoms with E-state index >= 15 is 0 Å². The molecular weight excluding hydrogens is 516 g/mol. The number of hydrogen-bond donors (Lipinski definition) is 3. The summed E-state index contributed by atoms with van der Waals surface area (Å²) in [5.74, 6) is 0.257. The Morgan fingerprint density at radius 3 is 2.30 bits per heavy atom. The third kappa shape index (κ3) is 6.43. The van der Waals surface area contributed by atoms with E-state index in [1.54, 1.807) is 0 Å². The zero-order valence-corrected chi connectivity index (χ0v) is 23.5. The minimum atomic E-state index is -0.00914. The van der Waals surface area contributed by atoms with Crippen LogP contribution in [0, 0.1) is 11.8 Å². The first kappa shape index (κ1) is 26.7. The number of nitrogens with one attached hydrogen (secondary N) is 3. The summed E-state index contributed by atoms with van der Waals surface area (Å²) in [5, 5.41) is 10.5. The summed E-state index contributed by atoms with van der Waals surface area (Å²) in [6.45, 7) is 0.801. The lowest BCUT2D eigenvalue weighted by atomic mass is 9.85. The van der Waals surface area contributed by atoms with Crippen molar-refractivity contribution in [1.29, 1.82) is 0 Å². The number of hydrogen-bond acceptors (Lipinski definition) is 5. The third-order valence-electron chi connectivity index (χ3n) is 8.31. The molecule has 7 heteroatoms. The van der Waals surface area contributed by atoms with Crippen molar-refractivity contribution < 1.29 is 9.59 Å². The molecule has 6 nitrogen and oxygen atoms in total. The van der Waals surface area contributed by atoms with E-state index in [9.17, 15) is 9.59 Å². The number of thiazole rings is 1. The number of carbonyl (C=O) groups is 2. The summed E-state index contributed by atoms with van der Waals surface area (Å²) in [4.78, 5) is 30.3. The second kappa shape index (κ2) is 12.3. The Labute approximate surface area is 239 Å². The van der Waals surface area contributed by atoms with Gasteiger partial charge < -0.3 is 16.0 Å². The van der Waals surface area contributed by atoms with Gasteiger partial charge in [0.05, 0.1) is 10.2 Å². The van der Waals surface area contributed by atoms with Gasteiger partial charge in [-0.3, -0.25) is 9.59 Å². The van der Waals surface area contributed by atoms with Gasteiger partial charge in [-0.25, -0.2) is 4.98 Å². The Kier molecular flexibility index (Phi) is 8.21. The third-order valence-corrected chi connectivity index (χ3v) is 9.25. The fourth-order valence-electron chi connectivity index (χ4n) is 6.02. The summed E-state index contributed by atoms with van der Waals surface area (Å²) in [5.41, 5.74) is 5.32. The molecule has 4 aromatic rings. The van der Waals surface area contributed by atoms with Crippen LogP contribution >= 0.6 is 11.3 Å². The van der Waals surface area contributed by atoms with Crippen LogP contribution in [0.1, 0.15) is 56.9 Å². The number of anilines is 2. The molecule has 2 aliphatic carbocycles. The van der Waals surface area contributed by atoms with Crippen molar-refractivity contribution in [3.8, 4) is 11.1 Å². The standard InChI is InChI=1S/C33H36N4O2S/c38-31(25-9-4-5-10-25)37-33-36-29-18-17-28(20-30(29)40-33)35-32(39)26-11-6-12-27(19-26)34-21-22-13-15-24(16-14-22)23-7-2-1-3-8-23/h1-3,7-8,13-18,20,25-27,34H,4-6,9-12,19,21H2,(H,35,39)(H,36,37,38). The van der Waals surface area contributed by atoms with E-state index in [4.69, 9.17) is 0 Å². The van der Waals surface area contributed by atoms with Gasteiger partial charge in [-0.2, -0.15) is 0 Å². The van der Waals surface area contributed by atoms with Crippen LogP contribution in [-0.4, -0.2) is 22.8 Å². The second-order valence-electron chi connectivity index (χ2n) is 11.2. The molecule has 2 fully saturated rings. The average Bonchev–Trinajstić information content (AvgIpc) is 3.67. The molecule has 3 N–H and O–H groups in total. The maximum Gasteiger partial charge on any atom is 0.229 e. The Balaban J connectivity index is 1.01. The number of carbonyl (C=O) groups excluding carboxylic acids is 2. The van der Waals surface area contributed by atoms with E-state index in [1.807, 2.05) is 24.3 Å². The molecule has 2 unspecified atom stereocenters. The monoisotopic (exact) mass is 552 g/mol. The molecule has 3 aromatic carbocycles. The molecule has 1 heterocycles. The van der Waals surface area contributed by atoms with Crippen LogP contribution in [0.4, 0.5) is 10.8 Å². The van der Waals surface area contributed by atoms with Gasteiger partial charge in [0, 0.05) is 30.1 Å². The highest BCUT2D eigenvalue weighted by atomic mass is 32.1. The van der Waals surface area contributed by atoms with Gasteiger partial charge in [-0.1, -0.05) is 85.2 Å². The largest absolute Gasteiger partial charge is 0.326 e. The maximum absolute atomic E-state index is 13.2. The van der Waals surface area contributed by atoms with Crippen LogP contribution in [0.5, 0.6) is 0 Å². The number of amides is 2. The summed E-state index contributed by atoms with van der Waals surface area (Å²) < 4.78 is 0.959. The fraction of sp³-hybridized carbons (Fsp3) is 0.364. The zero-order valence-electron chi connectivity index (χ0n) is 22.7. The Morgan fingerprint density at radius 2 is 1.50 bits per heavy atom. The molecule has 40 heavy (non-hydrogen) atoms. The lowest BCUT2D eigenvalue weighted by Gasteiger charge is -2.29. The predicted octanol–water partition coefficient (Wildman–Crippen LogP) is 7.38. The molecule has 0 radical (unpaired) electrons. The second-order valence-corrected chi connectivity index (χ2v) is 12.2. The highest BCUT2D eigenvalue weighted by molar-refractivity contribution is 7.22. The summed E-state index contributed by atoms with van der Waals surface area (Å²) >= 11 is 1.46.